The number of halogens is 1. The first-order chi connectivity index (χ1) is 11.1. The Hall–Kier alpha value is -3.04. The third-order valence-corrected chi connectivity index (χ3v) is 3.28. The molecular weight excluding hydrogens is 307 g/mol. The van der Waals surface area contributed by atoms with Gasteiger partial charge in [-0.2, -0.15) is 0 Å². The average Bonchev–Trinajstić information content (AvgIpc) is 3.15. The van der Waals surface area contributed by atoms with Gasteiger partial charge in [-0.05, 0) is 6.07 Å². The number of cyclic esters (lactones) is 1. The maximum Gasteiger partial charge on any atom is 0.439 e. The van der Waals surface area contributed by atoms with Crippen LogP contribution in [0.2, 0.25) is 0 Å². The maximum absolute atomic E-state index is 14.1. The van der Waals surface area contributed by atoms with Crippen LogP contribution >= 0.6 is 0 Å². The second-order valence-corrected chi connectivity index (χ2v) is 4.87. The predicted molar refractivity (Wildman–Crippen MR) is 73.8 cm³/mol. The molecule has 1 aliphatic rings. The smallest absolute Gasteiger partial charge is 0.439 e. The Morgan fingerprint density at radius 3 is 3.00 bits per heavy atom. The summed E-state index contributed by atoms with van der Waals surface area (Å²) in [5, 5.41) is 2.47. The van der Waals surface area contributed by atoms with Gasteiger partial charge in [0.05, 0.1) is 12.2 Å². The van der Waals surface area contributed by atoms with E-state index in [4.69, 9.17) is 4.74 Å². The third-order valence-electron chi connectivity index (χ3n) is 3.28. The number of imidazole rings is 1. The van der Waals surface area contributed by atoms with E-state index >= 15 is 0 Å². The molecule has 1 N–H and O–H groups in total. The number of carbonyl (C=O) groups is 2. The van der Waals surface area contributed by atoms with Crippen molar-refractivity contribution in [1.29, 1.82) is 0 Å². The van der Waals surface area contributed by atoms with Crippen molar-refractivity contribution in [3.63, 3.8) is 0 Å². The van der Waals surface area contributed by atoms with E-state index in [2.05, 4.69) is 20.3 Å². The lowest BCUT2D eigenvalue weighted by molar-refractivity contribution is -0.119. The molecule has 1 fully saturated rings. The molecule has 0 saturated carbocycles. The normalized spacial score (nSPS) is 20.4. The fourth-order valence-electron chi connectivity index (χ4n) is 2.24. The number of hydrogen-bond acceptors (Lipinski definition) is 6. The highest BCUT2D eigenvalue weighted by Gasteiger charge is 2.44. The number of nitrogens with one attached hydrogen (secondary N) is 1. The molecule has 1 aliphatic heterocycles. The highest BCUT2D eigenvalue weighted by atomic mass is 19.2. The summed E-state index contributed by atoms with van der Waals surface area (Å²) >= 11 is 0. The summed E-state index contributed by atoms with van der Waals surface area (Å²) in [7, 11) is 0. The highest BCUT2D eigenvalue weighted by molar-refractivity contribution is 5.73. The fourth-order valence-corrected chi connectivity index (χ4v) is 2.24. The SMILES string of the molecule is CC(=O)NC[C@@H]1OC(=O)N(F)C1c1ccnc(-n2ccnc2)n1. The molecule has 3 rings (SSSR count). The van der Waals surface area contributed by atoms with Crippen LogP contribution in [0.1, 0.15) is 18.7 Å². The van der Waals surface area contributed by atoms with E-state index in [0.717, 1.165) is 0 Å². The summed E-state index contributed by atoms with van der Waals surface area (Å²) in [6, 6.07) is 0.417. The van der Waals surface area contributed by atoms with E-state index in [1.54, 1.807) is 17.0 Å². The van der Waals surface area contributed by atoms with E-state index < -0.39 is 18.2 Å². The highest BCUT2D eigenvalue weighted by Crippen LogP contribution is 2.32. The molecule has 2 amide bonds. The van der Waals surface area contributed by atoms with E-state index in [-0.39, 0.29) is 29.2 Å². The van der Waals surface area contributed by atoms with Crippen molar-refractivity contribution in [1.82, 2.24) is 30.0 Å². The molecule has 9 nitrogen and oxygen atoms in total. The molecule has 23 heavy (non-hydrogen) atoms. The summed E-state index contributed by atoms with van der Waals surface area (Å²) < 4.78 is 20.6. The van der Waals surface area contributed by atoms with Gasteiger partial charge < -0.3 is 10.1 Å². The maximum atomic E-state index is 14.1. The van der Waals surface area contributed by atoms with Crippen molar-refractivity contribution in [3.8, 4) is 5.95 Å². The first-order valence-electron chi connectivity index (χ1n) is 6.77. The molecule has 1 saturated heterocycles. The summed E-state index contributed by atoms with van der Waals surface area (Å²) in [6.45, 7) is 1.30. The largest absolute Gasteiger partial charge is 0.440 e. The zero-order valence-electron chi connectivity index (χ0n) is 12.1. The van der Waals surface area contributed by atoms with E-state index in [9.17, 15) is 14.1 Å². The van der Waals surface area contributed by atoms with Gasteiger partial charge in [-0.1, -0.05) is 4.48 Å². The second kappa shape index (κ2) is 5.99. The molecule has 120 valence electrons. The predicted octanol–water partition coefficient (Wildman–Crippen LogP) is 0.545. The van der Waals surface area contributed by atoms with Crippen molar-refractivity contribution in [3.05, 3.63) is 36.7 Å². The van der Waals surface area contributed by atoms with Gasteiger partial charge in [0, 0.05) is 25.5 Å². The van der Waals surface area contributed by atoms with Crippen LogP contribution in [-0.2, 0) is 9.53 Å². The Morgan fingerprint density at radius 1 is 1.48 bits per heavy atom. The molecule has 10 heteroatoms. The Balaban J connectivity index is 1.89. The van der Waals surface area contributed by atoms with Gasteiger partial charge in [0.15, 0.2) is 0 Å². The lowest BCUT2D eigenvalue weighted by atomic mass is 10.1. The Kier molecular flexibility index (Phi) is 3.87. The molecule has 2 atom stereocenters. The summed E-state index contributed by atoms with van der Waals surface area (Å²) in [5.74, 6) is -0.0232. The summed E-state index contributed by atoms with van der Waals surface area (Å²) in [6.07, 6.45) is 4.13. The average molecular weight is 320 g/mol. The van der Waals surface area contributed by atoms with E-state index in [0.29, 0.717) is 0 Å². The zero-order valence-corrected chi connectivity index (χ0v) is 12.1. The van der Waals surface area contributed by atoms with Gasteiger partial charge in [-0.25, -0.2) is 19.7 Å². The van der Waals surface area contributed by atoms with Crippen LogP contribution in [0.5, 0.6) is 0 Å². The van der Waals surface area contributed by atoms with Crippen LogP contribution in [0.25, 0.3) is 5.95 Å². The van der Waals surface area contributed by atoms with Crippen molar-refractivity contribution in [2.24, 2.45) is 0 Å². The Labute approximate surface area is 130 Å². The summed E-state index contributed by atoms with van der Waals surface area (Å²) in [4.78, 5) is 34.7. The van der Waals surface area contributed by atoms with Gasteiger partial charge in [0.25, 0.3) is 0 Å². The molecule has 3 heterocycles. The lowest BCUT2D eigenvalue weighted by Gasteiger charge is -2.18. The van der Waals surface area contributed by atoms with Crippen molar-refractivity contribution in [2.45, 2.75) is 19.1 Å². The number of ether oxygens (including phenoxy) is 1. The number of aromatic nitrogens is 4. The second-order valence-electron chi connectivity index (χ2n) is 4.87. The number of amides is 2. The number of rotatable bonds is 4. The van der Waals surface area contributed by atoms with Gasteiger partial charge >= 0.3 is 6.09 Å². The molecule has 1 unspecified atom stereocenters. The first kappa shape index (κ1) is 14.9. The zero-order chi connectivity index (χ0) is 16.4. The van der Waals surface area contributed by atoms with Crippen LogP contribution in [0.15, 0.2) is 31.0 Å². The molecule has 2 aromatic rings. The van der Waals surface area contributed by atoms with Crippen molar-refractivity contribution in [2.75, 3.05) is 6.54 Å². The van der Waals surface area contributed by atoms with Crippen LogP contribution < -0.4 is 5.32 Å². The minimum absolute atomic E-state index is 0.0173. The topological polar surface area (TPSA) is 102 Å². The molecule has 0 radical (unpaired) electrons. The third kappa shape index (κ3) is 2.96. The number of nitrogens with zero attached hydrogens (tertiary/aromatic N) is 5. The van der Waals surface area contributed by atoms with Gasteiger partial charge in [0.2, 0.25) is 11.9 Å². The van der Waals surface area contributed by atoms with Gasteiger partial charge in [-0.15, -0.1) is 5.12 Å². The van der Waals surface area contributed by atoms with Crippen molar-refractivity contribution >= 4 is 12.0 Å². The Morgan fingerprint density at radius 2 is 2.30 bits per heavy atom. The van der Waals surface area contributed by atoms with E-state index in [1.165, 1.54) is 25.5 Å². The molecule has 2 aromatic heterocycles. The molecule has 0 aliphatic carbocycles. The van der Waals surface area contributed by atoms with Crippen LogP contribution in [0.4, 0.5) is 9.28 Å². The fraction of sp³-hybridized carbons (Fsp3) is 0.308. The Bertz CT molecular complexity index is 722. The first-order valence-corrected chi connectivity index (χ1v) is 6.77. The van der Waals surface area contributed by atoms with Crippen LogP contribution in [-0.4, -0.2) is 49.3 Å². The molecule has 0 bridgehead atoms. The number of hydrogen-bond donors (Lipinski definition) is 1. The quantitative estimate of drug-likeness (QED) is 0.825. The monoisotopic (exact) mass is 320 g/mol. The van der Waals surface area contributed by atoms with E-state index in [1.807, 2.05) is 0 Å². The minimum Gasteiger partial charge on any atom is -0.440 e. The van der Waals surface area contributed by atoms with Gasteiger partial charge in [-0.3, -0.25) is 9.36 Å². The molecule has 0 aromatic carbocycles. The van der Waals surface area contributed by atoms with Gasteiger partial charge in [0.1, 0.15) is 18.5 Å². The summed E-state index contributed by atoms with van der Waals surface area (Å²) in [5.41, 5.74) is 0.257. The standard InChI is InChI=1S/C13H13FN6O3/c1-8(21)17-6-10-11(20(14)13(22)23-10)9-2-3-16-12(18-9)19-5-4-15-7-19/h2-5,7,10-11H,6H2,1H3,(H,17,21)/t10-,11?/m0/s1. The van der Waals surface area contributed by atoms with Crippen LogP contribution in [0, 0.1) is 0 Å². The number of carbonyl (C=O) groups excluding carboxylic acids is 2. The van der Waals surface area contributed by atoms with Crippen LogP contribution in [0.3, 0.4) is 0 Å². The lowest BCUT2D eigenvalue weighted by Crippen LogP contribution is -2.35. The minimum atomic E-state index is -1.12. The molecular formula is C13H13FN6O3. The molecule has 0 spiro atoms. The van der Waals surface area contributed by atoms with Crippen molar-refractivity contribution < 1.29 is 18.8 Å².